The lowest BCUT2D eigenvalue weighted by molar-refractivity contribution is -0.121. The third-order valence-corrected chi connectivity index (χ3v) is 5.31. The maximum atomic E-state index is 13.1. The molecule has 0 bridgehead atoms. The molecule has 0 radical (unpaired) electrons. The van der Waals surface area contributed by atoms with Gasteiger partial charge in [0.05, 0.1) is 18.2 Å². The highest BCUT2D eigenvalue weighted by atomic mass is 16.1. The van der Waals surface area contributed by atoms with Crippen LogP contribution in [0.25, 0.3) is 0 Å². The average Bonchev–Trinajstić information content (AvgIpc) is 2.80. The number of carbonyl (C=O) groups is 1. The number of nitrogens with zero attached hydrogens (tertiary/aromatic N) is 3. The summed E-state index contributed by atoms with van der Waals surface area (Å²) >= 11 is 0. The Labute approximate surface area is 171 Å². The Bertz CT molecular complexity index is 884. The number of hydrogen-bond acceptors (Lipinski definition) is 4. The fraction of sp³-hybridized carbons (Fsp3) is 0.292. The summed E-state index contributed by atoms with van der Waals surface area (Å²) in [4.78, 5) is 24.5. The molecule has 148 valence electrons. The highest BCUT2D eigenvalue weighted by Gasteiger charge is 2.22. The summed E-state index contributed by atoms with van der Waals surface area (Å²) in [5.74, 6) is 0.389. The summed E-state index contributed by atoms with van der Waals surface area (Å²) in [6.07, 6.45) is 5.41. The lowest BCUT2D eigenvalue weighted by Gasteiger charge is -2.26. The van der Waals surface area contributed by atoms with E-state index < -0.39 is 0 Å². The number of carbonyl (C=O) groups excluding carboxylic acids is 1. The lowest BCUT2D eigenvalue weighted by atomic mass is 9.90. The summed E-state index contributed by atoms with van der Waals surface area (Å²) in [5, 5.41) is 3.08. The van der Waals surface area contributed by atoms with Crippen LogP contribution < -0.4 is 10.2 Å². The highest BCUT2D eigenvalue weighted by Crippen LogP contribution is 2.25. The van der Waals surface area contributed by atoms with Crippen LogP contribution in [0.2, 0.25) is 0 Å². The minimum absolute atomic E-state index is 0.0273. The average molecular weight is 386 g/mol. The second-order valence-corrected chi connectivity index (χ2v) is 7.37. The molecule has 29 heavy (non-hydrogen) atoms. The zero-order chi connectivity index (χ0) is 19.9. The second kappa shape index (κ2) is 9.32. The van der Waals surface area contributed by atoms with Crippen LogP contribution in [-0.4, -0.2) is 29.0 Å². The van der Waals surface area contributed by atoms with Crippen LogP contribution >= 0.6 is 0 Å². The van der Waals surface area contributed by atoms with E-state index >= 15 is 0 Å². The molecule has 1 amide bonds. The number of piperidine rings is 1. The Morgan fingerprint density at radius 3 is 2.14 bits per heavy atom. The van der Waals surface area contributed by atoms with E-state index in [0.717, 1.165) is 35.9 Å². The van der Waals surface area contributed by atoms with E-state index in [0.29, 0.717) is 6.54 Å². The van der Waals surface area contributed by atoms with Gasteiger partial charge in [-0.1, -0.05) is 60.7 Å². The minimum atomic E-state index is -0.346. The summed E-state index contributed by atoms with van der Waals surface area (Å²) in [6.45, 7) is 2.39. The van der Waals surface area contributed by atoms with Crippen LogP contribution in [0.1, 0.15) is 42.0 Å². The van der Waals surface area contributed by atoms with E-state index in [1.807, 2.05) is 66.7 Å². The van der Waals surface area contributed by atoms with E-state index in [1.165, 1.54) is 19.3 Å². The molecule has 2 aromatic carbocycles. The molecule has 1 aliphatic rings. The van der Waals surface area contributed by atoms with Crippen LogP contribution in [0.3, 0.4) is 0 Å². The number of nitrogens with one attached hydrogen (secondary N) is 1. The number of amides is 1. The first-order valence-corrected chi connectivity index (χ1v) is 10.3. The smallest absolute Gasteiger partial charge is 0.232 e. The van der Waals surface area contributed by atoms with Crippen molar-refractivity contribution in [2.45, 2.75) is 31.7 Å². The molecule has 5 nitrogen and oxygen atoms in total. The van der Waals surface area contributed by atoms with Crippen molar-refractivity contribution >= 4 is 11.9 Å². The SMILES string of the molecule is O=C(NCc1ccnc(N2CCCCC2)n1)C(c1ccccc1)c1ccccc1. The predicted molar refractivity (Wildman–Crippen MR) is 115 cm³/mol. The summed E-state index contributed by atoms with van der Waals surface area (Å²) in [6, 6.07) is 21.6. The molecule has 5 heteroatoms. The minimum Gasteiger partial charge on any atom is -0.350 e. The Morgan fingerprint density at radius 2 is 1.52 bits per heavy atom. The molecule has 1 fully saturated rings. The molecule has 0 spiro atoms. The van der Waals surface area contributed by atoms with Crippen LogP contribution in [-0.2, 0) is 11.3 Å². The van der Waals surface area contributed by atoms with Crippen molar-refractivity contribution in [3.05, 3.63) is 89.7 Å². The topological polar surface area (TPSA) is 58.1 Å². The quantitative estimate of drug-likeness (QED) is 0.698. The molecule has 0 aliphatic carbocycles. The van der Waals surface area contributed by atoms with Gasteiger partial charge in [0.15, 0.2) is 0 Å². The van der Waals surface area contributed by atoms with Gasteiger partial charge < -0.3 is 10.2 Å². The van der Waals surface area contributed by atoms with Crippen LogP contribution in [0.15, 0.2) is 72.9 Å². The Kier molecular flexibility index (Phi) is 6.15. The third-order valence-electron chi connectivity index (χ3n) is 5.31. The zero-order valence-electron chi connectivity index (χ0n) is 16.5. The zero-order valence-corrected chi connectivity index (χ0v) is 16.5. The number of rotatable bonds is 6. The normalized spacial score (nSPS) is 14.0. The van der Waals surface area contributed by atoms with Crippen molar-refractivity contribution in [3.8, 4) is 0 Å². The molecule has 3 aromatic rings. The fourth-order valence-electron chi connectivity index (χ4n) is 3.80. The van der Waals surface area contributed by atoms with Crippen LogP contribution in [0, 0.1) is 0 Å². The van der Waals surface area contributed by atoms with Gasteiger partial charge in [-0.3, -0.25) is 4.79 Å². The number of aromatic nitrogens is 2. The monoisotopic (exact) mass is 386 g/mol. The van der Waals surface area contributed by atoms with Gasteiger partial charge >= 0.3 is 0 Å². The molecular formula is C24H26N4O. The van der Waals surface area contributed by atoms with Gasteiger partial charge in [0.25, 0.3) is 0 Å². The van der Waals surface area contributed by atoms with Crippen molar-refractivity contribution in [2.24, 2.45) is 0 Å². The molecule has 1 saturated heterocycles. The van der Waals surface area contributed by atoms with Gasteiger partial charge in [-0.25, -0.2) is 9.97 Å². The lowest BCUT2D eigenvalue weighted by Crippen LogP contribution is -2.32. The maximum Gasteiger partial charge on any atom is 0.232 e. The molecule has 2 heterocycles. The van der Waals surface area contributed by atoms with Crippen molar-refractivity contribution in [1.29, 1.82) is 0 Å². The summed E-state index contributed by atoms with van der Waals surface area (Å²) in [5.41, 5.74) is 2.79. The number of benzene rings is 2. The Morgan fingerprint density at radius 1 is 0.897 bits per heavy atom. The van der Waals surface area contributed by atoms with Crippen LogP contribution in [0.5, 0.6) is 0 Å². The molecule has 4 rings (SSSR count). The van der Waals surface area contributed by atoms with E-state index in [1.54, 1.807) is 6.20 Å². The first-order chi connectivity index (χ1) is 14.3. The standard InChI is InChI=1S/C24H26N4O/c29-23(22(19-10-4-1-5-11-19)20-12-6-2-7-13-20)26-18-21-14-15-25-24(27-21)28-16-8-3-9-17-28/h1-2,4-7,10-15,22H,3,8-9,16-18H2,(H,26,29). The van der Waals surface area contributed by atoms with Gasteiger partial charge in [0, 0.05) is 19.3 Å². The molecule has 1 aromatic heterocycles. The molecule has 1 N–H and O–H groups in total. The van der Waals surface area contributed by atoms with Crippen LogP contribution in [0.4, 0.5) is 5.95 Å². The van der Waals surface area contributed by atoms with E-state index in [-0.39, 0.29) is 11.8 Å². The van der Waals surface area contributed by atoms with Gasteiger partial charge in [-0.2, -0.15) is 0 Å². The highest BCUT2D eigenvalue weighted by molar-refractivity contribution is 5.87. The van der Waals surface area contributed by atoms with Crippen molar-refractivity contribution in [3.63, 3.8) is 0 Å². The van der Waals surface area contributed by atoms with E-state index in [2.05, 4.69) is 20.2 Å². The Balaban J connectivity index is 1.48. The van der Waals surface area contributed by atoms with Gasteiger partial charge in [-0.05, 0) is 36.5 Å². The molecule has 0 atom stereocenters. The number of anilines is 1. The third kappa shape index (κ3) is 4.80. The molecular weight excluding hydrogens is 360 g/mol. The molecule has 0 unspecified atom stereocenters. The first-order valence-electron chi connectivity index (χ1n) is 10.3. The summed E-state index contributed by atoms with van der Waals surface area (Å²) in [7, 11) is 0. The summed E-state index contributed by atoms with van der Waals surface area (Å²) < 4.78 is 0. The van der Waals surface area contributed by atoms with Crippen molar-refractivity contribution < 1.29 is 4.79 Å². The second-order valence-electron chi connectivity index (χ2n) is 7.37. The van der Waals surface area contributed by atoms with E-state index in [4.69, 9.17) is 0 Å². The Hall–Kier alpha value is -3.21. The van der Waals surface area contributed by atoms with Gasteiger partial charge in [-0.15, -0.1) is 0 Å². The largest absolute Gasteiger partial charge is 0.350 e. The van der Waals surface area contributed by atoms with Crippen molar-refractivity contribution in [1.82, 2.24) is 15.3 Å². The predicted octanol–water partition coefficient (Wildman–Crippen LogP) is 3.92. The van der Waals surface area contributed by atoms with Gasteiger partial charge in [0.1, 0.15) is 0 Å². The van der Waals surface area contributed by atoms with E-state index in [9.17, 15) is 4.79 Å². The maximum absolute atomic E-state index is 13.1. The number of hydrogen-bond donors (Lipinski definition) is 1. The fourth-order valence-corrected chi connectivity index (χ4v) is 3.80. The van der Waals surface area contributed by atoms with Gasteiger partial charge in [0.2, 0.25) is 11.9 Å². The van der Waals surface area contributed by atoms with Crippen molar-refractivity contribution in [2.75, 3.05) is 18.0 Å². The molecule has 0 saturated carbocycles. The first kappa shape index (κ1) is 19.1. The molecule has 1 aliphatic heterocycles.